The highest BCUT2D eigenvalue weighted by atomic mass is 16.3. The van der Waals surface area contributed by atoms with Gasteiger partial charge in [0.2, 0.25) is 0 Å². The maximum absolute atomic E-state index is 12.1. The van der Waals surface area contributed by atoms with Crippen molar-refractivity contribution in [3.05, 3.63) is 35.5 Å². The second kappa shape index (κ2) is 6.49. The van der Waals surface area contributed by atoms with Crippen molar-refractivity contribution in [1.82, 2.24) is 0 Å². The summed E-state index contributed by atoms with van der Waals surface area (Å²) >= 11 is 0. The summed E-state index contributed by atoms with van der Waals surface area (Å²) < 4.78 is 0. The average molecular weight is 346 g/mol. The topological polar surface area (TPSA) is 77.8 Å². The number of allylic oxidation sites excluding steroid dienone is 3. The lowest BCUT2D eigenvalue weighted by atomic mass is 9.60. The van der Waals surface area contributed by atoms with Gasteiger partial charge in [-0.25, -0.2) is 0 Å². The molecule has 0 amide bonds. The number of carbonyl (C=O) groups is 1. The van der Waals surface area contributed by atoms with Crippen molar-refractivity contribution in [2.45, 2.75) is 76.6 Å². The summed E-state index contributed by atoms with van der Waals surface area (Å²) in [6.07, 6.45) is 7.63. The average Bonchev–Trinajstić information content (AvgIpc) is 2.80. The Balaban J connectivity index is 1.92. The van der Waals surface area contributed by atoms with E-state index in [9.17, 15) is 20.1 Å². The fourth-order valence-electron chi connectivity index (χ4n) is 5.28. The molecule has 25 heavy (non-hydrogen) atoms. The molecule has 0 bridgehead atoms. The molecule has 138 valence electrons. The lowest BCUT2D eigenvalue weighted by Gasteiger charge is -2.47. The highest BCUT2D eigenvalue weighted by molar-refractivity contribution is 5.86. The summed E-state index contributed by atoms with van der Waals surface area (Å²) in [7, 11) is 0. The van der Waals surface area contributed by atoms with E-state index >= 15 is 0 Å². The van der Waals surface area contributed by atoms with Crippen LogP contribution >= 0.6 is 0 Å². The van der Waals surface area contributed by atoms with E-state index in [-0.39, 0.29) is 17.8 Å². The standard InChI is InChI=1S/C21H30O4/c1-13-4-7-17(23)10-15(13)5-6-16-11-18(24)12-20(3)19(16)8-9-21(20,25)14(2)22/h5-6,17-19,23-25H,1,4,7-12H2,2-3H3/t17-,18+,19+,20+,21-/m1/s1. The first kappa shape index (κ1) is 18.6. The Hall–Kier alpha value is -1.23. The van der Waals surface area contributed by atoms with E-state index in [2.05, 4.69) is 6.58 Å². The Kier molecular flexibility index (Phi) is 4.82. The highest BCUT2D eigenvalue weighted by Crippen LogP contribution is 2.59. The van der Waals surface area contributed by atoms with Crippen molar-refractivity contribution in [1.29, 1.82) is 0 Å². The third-order valence-corrected chi connectivity index (χ3v) is 6.86. The minimum Gasteiger partial charge on any atom is -0.393 e. The fraction of sp³-hybridized carbons (Fsp3) is 0.667. The Bertz CT molecular complexity index is 646. The number of aliphatic hydroxyl groups excluding tert-OH is 2. The zero-order valence-corrected chi connectivity index (χ0v) is 15.3. The van der Waals surface area contributed by atoms with E-state index in [0.29, 0.717) is 25.7 Å². The second-order valence-corrected chi connectivity index (χ2v) is 8.42. The molecular formula is C21H30O4. The van der Waals surface area contributed by atoms with Crippen molar-refractivity contribution in [3.8, 4) is 0 Å². The SMILES string of the molecule is C=C1CC[C@@H](O)CC1=CC=C1C[C@H](O)C[C@@]2(C)[C@H]1CC[C@@]2(O)C(C)=O. The van der Waals surface area contributed by atoms with E-state index in [0.717, 1.165) is 36.0 Å². The Morgan fingerprint density at radius 2 is 1.92 bits per heavy atom. The predicted octanol–water partition coefficient (Wildman–Crippen LogP) is 2.83. The summed E-state index contributed by atoms with van der Waals surface area (Å²) in [5, 5.41) is 31.3. The second-order valence-electron chi connectivity index (χ2n) is 8.42. The van der Waals surface area contributed by atoms with Gasteiger partial charge in [0.15, 0.2) is 5.78 Å². The van der Waals surface area contributed by atoms with Crippen molar-refractivity contribution in [3.63, 3.8) is 0 Å². The van der Waals surface area contributed by atoms with E-state index in [1.807, 2.05) is 19.1 Å². The molecule has 0 aromatic carbocycles. The van der Waals surface area contributed by atoms with Crippen LogP contribution < -0.4 is 0 Å². The number of ketones is 1. The van der Waals surface area contributed by atoms with Crippen LogP contribution in [0.15, 0.2) is 35.5 Å². The normalized spacial score (nSPS) is 45.0. The minimum absolute atomic E-state index is 0.100. The van der Waals surface area contributed by atoms with Gasteiger partial charge in [-0.3, -0.25) is 4.79 Å². The van der Waals surface area contributed by atoms with Gasteiger partial charge < -0.3 is 15.3 Å². The van der Waals surface area contributed by atoms with Gasteiger partial charge in [0.25, 0.3) is 0 Å². The number of hydrogen-bond acceptors (Lipinski definition) is 4. The van der Waals surface area contributed by atoms with E-state index in [1.165, 1.54) is 6.92 Å². The molecule has 3 aliphatic rings. The van der Waals surface area contributed by atoms with Gasteiger partial charge >= 0.3 is 0 Å². The van der Waals surface area contributed by atoms with Gasteiger partial charge in [0, 0.05) is 5.41 Å². The van der Waals surface area contributed by atoms with Crippen molar-refractivity contribution in [2.75, 3.05) is 0 Å². The molecule has 3 saturated carbocycles. The summed E-state index contributed by atoms with van der Waals surface area (Å²) in [5.41, 5.74) is 1.25. The smallest absolute Gasteiger partial charge is 0.161 e. The minimum atomic E-state index is -1.35. The Morgan fingerprint density at radius 3 is 2.60 bits per heavy atom. The molecule has 4 nitrogen and oxygen atoms in total. The largest absolute Gasteiger partial charge is 0.393 e. The fourth-order valence-corrected chi connectivity index (χ4v) is 5.28. The highest BCUT2D eigenvalue weighted by Gasteiger charge is 2.61. The zero-order chi connectivity index (χ0) is 18.4. The molecule has 0 aromatic heterocycles. The van der Waals surface area contributed by atoms with Crippen LogP contribution in [0.3, 0.4) is 0 Å². The quantitative estimate of drug-likeness (QED) is 0.718. The molecule has 0 unspecified atom stereocenters. The van der Waals surface area contributed by atoms with E-state index in [4.69, 9.17) is 0 Å². The first-order chi connectivity index (χ1) is 11.7. The van der Waals surface area contributed by atoms with Crippen LogP contribution in [0.25, 0.3) is 0 Å². The monoisotopic (exact) mass is 346 g/mol. The molecule has 3 rings (SSSR count). The maximum atomic E-state index is 12.1. The van der Waals surface area contributed by atoms with Gasteiger partial charge in [-0.05, 0) is 63.4 Å². The molecule has 5 atom stereocenters. The lowest BCUT2D eigenvalue weighted by Crippen LogP contribution is -2.53. The first-order valence-electron chi connectivity index (χ1n) is 9.34. The van der Waals surface area contributed by atoms with Crippen LogP contribution in [0.2, 0.25) is 0 Å². The number of aliphatic hydroxyl groups is 3. The molecule has 0 heterocycles. The van der Waals surface area contributed by atoms with Crippen molar-refractivity contribution < 1.29 is 20.1 Å². The Morgan fingerprint density at radius 1 is 1.20 bits per heavy atom. The summed E-state index contributed by atoms with van der Waals surface area (Å²) in [4.78, 5) is 12.1. The Labute approximate surface area is 149 Å². The first-order valence-corrected chi connectivity index (χ1v) is 9.34. The van der Waals surface area contributed by atoms with Crippen LogP contribution in [0.1, 0.15) is 58.8 Å². The van der Waals surface area contributed by atoms with Gasteiger partial charge in [-0.15, -0.1) is 0 Å². The molecule has 0 aliphatic heterocycles. The van der Waals surface area contributed by atoms with Gasteiger partial charge in [0.1, 0.15) is 5.60 Å². The number of rotatable bonds is 2. The number of fused-ring (bicyclic) bond motifs is 1. The molecule has 3 fully saturated rings. The van der Waals surface area contributed by atoms with Crippen LogP contribution in [0.4, 0.5) is 0 Å². The lowest BCUT2D eigenvalue weighted by molar-refractivity contribution is -0.152. The molecule has 0 saturated heterocycles. The predicted molar refractivity (Wildman–Crippen MR) is 96.9 cm³/mol. The maximum Gasteiger partial charge on any atom is 0.161 e. The van der Waals surface area contributed by atoms with Crippen molar-refractivity contribution in [2.24, 2.45) is 11.3 Å². The number of Topliss-reactive ketones (excluding diaryl/α,β-unsaturated/α-hetero) is 1. The molecular weight excluding hydrogens is 316 g/mol. The zero-order valence-electron chi connectivity index (χ0n) is 15.3. The molecule has 3 aliphatic carbocycles. The van der Waals surface area contributed by atoms with Crippen LogP contribution in [-0.2, 0) is 4.79 Å². The van der Waals surface area contributed by atoms with Gasteiger partial charge in [0.05, 0.1) is 12.2 Å². The van der Waals surface area contributed by atoms with Crippen LogP contribution in [0.5, 0.6) is 0 Å². The molecule has 4 heteroatoms. The molecule has 0 aromatic rings. The summed E-state index contributed by atoms with van der Waals surface area (Å²) in [6, 6.07) is 0. The third-order valence-electron chi connectivity index (χ3n) is 6.86. The van der Waals surface area contributed by atoms with Crippen LogP contribution in [-0.4, -0.2) is 38.9 Å². The van der Waals surface area contributed by atoms with Crippen molar-refractivity contribution >= 4 is 5.78 Å². The number of carbonyl (C=O) groups excluding carboxylic acids is 1. The van der Waals surface area contributed by atoms with E-state index < -0.39 is 17.1 Å². The van der Waals surface area contributed by atoms with Gasteiger partial charge in [-0.2, -0.15) is 0 Å². The van der Waals surface area contributed by atoms with Crippen LogP contribution in [0, 0.1) is 11.3 Å². The van der Waals surface area contributed by atoms with Gasteiger partial charge in [-0.1, -0.05) is 36.8 Å². The summed E-state index contributed by atoms with van der Waals surface area (Å²) in [6.45, 7) is 7.49. The number of hydrogen-bond donors (Lipinski definition) is 3. The summed E-state index contributed by atoms with van der Waals surface area (Å²) in [5.74, 6) is -0.100. The van der Waals surface area contributed by atoms with E-state index in [1.54, 1.807) is 0 Å². The molecule has 0 spiro atoms. The molecule has 0 radical (unpaired) electrons. The molecule has 3 N–H and O–H groups in total. The third kappa shape index (κ3) is 3.05.